The minimum Gasteiger partial charge on any atom is -0.504 e. The van der Waals surface area contributed by atoms with Crippen LogP contribution in [0.1, 0.15) is 9.67 Å². The molecule has 0 amide bonds. The Morgan fingerprint density at radius 2 is 1.94 bits per heavy atom. The largest absolute Gasteiger partial charge is 0.504 e. The number of benzene rings is 1. The van der Waals surface area contributed by atoms with Gasteiger partial charge in [-0.1, -0.05) is 0 Å². The van der Waals surface area contributed by atoms with Crippen LogP contribution in [0.2, 0.25) is 0 Å². The van der Waals surface area contributed by atoms with Gasteiger partial charge in [-0.2, -0.15) is 4.37 Å². The first-order chi connectivity index (χ1) is 7.59. The van der Waals surface area contributed by atoms with Gasteiger partial charge in [0.05, 0.1) is 0 Å². The lowest BCUT2D eigenvalue weighted by molar-refractivity contribution is 0.0699. The summed E-state index contributed by atoms with van der Waals surface area (Å²) in [7, 11) is 0. The molecule has 4 nitrogen and oxygen atoms in total. The minimum absolute atomic E-state index is 0.155. The van der Waals surface area contributed by atoms with Gasteiger partial charge < -0.3 is 10.2 Å². The Morgan fingerprint density at radius 3 is 2.44 bits per heavy atom. The fourth-order valence-corrected chi connectivity index (χ4v) is 1.86. The molecule has 0 aliphatic carbocycles. The van der Waals surface area contributed by atoms with E-state index in [2.05, 4.69) is 4.37 Å². The van der Waals surface area contributed by atoms with Crippen LogP contribution in [0.15, 0.2) is 24.3 Å². The number of nitrogens with zero attached hydrogens (tertiary/aromatic N) is 1. The number of carboxylic acid groups (broad SMARTS) is 1. The molecule has 16 heavy (non-hydrogen) atoms. The van der Waals surface area contributed by atoms with Crippen molar-refractivity contribution >= 4 is 17.5 Å². The molecule has 6 heteroatoms. The van der Waals surface area contributed by atoms with Crippen molar-refractivity contribution in [2.45, 2.75) is 0 Å². The van der Waals surface area contributed by atoms with Crippen molar-refractivity contribution in [3.05, 3.63) is 35.0 Å². The van der Waals surface area contributed by atoms with Gasteiger partial charge in [0.15, 0.2) is 10.6 Å². The summed E-state index contributed by atoms with van der Waals surface area (Å²) in [5, 5.41) is 18.3. The first kappa shape index (κ1) is 10.6. The van der Waals surface area contributed by atoms with Crippen LogP contribution in [0.3, 0.4) is 0 Å². The monoisotopic (exact) mass is 239 g/mol. The molecule has 0 bridgehead atoms. The number of aromatic hydroxyl groups is 1. The molecule has 0 saturated heterocycles. The molecule has 0 spiro atoms. The topological polar surface area (TPSA) is 70.4 Å². The average Bonchev–Trinajstić information content (AvgIpc) is 2.61. The molecule has 2 N–H and O–H groups in total. The Labute approximate surface area is 93.8 Å². The highest BCUT2D eigenvalue weighted by atomic mass is 32.1. The first-order valence-corrected chi connectivity index (χ1v) is 5.05. The van der Waals surface area contributed by atoms with Gasteiger partial charge in [0, 0.05) is 5.56 Å². The van der Waals surface area contributed by atoms with Crippen LogP contribution >= 0.6 is 11.5 Å². The fourth-order valence-electron chi connectivity index (χ4n) is 1.22. The Bertz CT molecular complexity index is 535. The van der Waals surface area contributed by atoms with E-state index in [1.54, 1.807) is 0 Å². The Kier molecular flexibility index (Phi) is 2.57. The van der Waals surface area contributed by atoms with Crippen LogP contribution < -0.4 is 0 Å². The van der Waals surface area contributed by atoms with Gasteiger partial charge in [-0.3, -0.25) is 0 Å². The fraction of sp³-hybridized carbons (Fsp3) is 0. The van der Waals surface area contributed by atoms with Gasteiger partial charge in [0.2, 0.25) is 0 Å². The number of aromatic carboxylic acids is 1. The van der Waals surface area contributed by atoms with Crippen LogP contribution in [-0.2, 0) is 0 Å². The van der Waals surface area contributed by atoms with Crippen LogP contribution in [0.5, 0.6) is 5.75 Å². The third-order valence-corrected chi connectivity index (χ3v) is 2.80. The lowest BCUT2D eigenvalue weighted by Gasteiger charge is -1.97. The lowest BCUT2D eigenvalue weighted by Crippen LogP contribution is -1.91. The Morgan fingerprint density at radius 1 is 1.31 bits per heavy atom. The van der Waals surface area contributed by atoms with Gasteiger partial charge in [-0.25, -0.2) is 9.18 Å². The standard InChI is InChI=1S/C10H6FNO3S/c11-6-3-1-5(2-4-6)7-8(13)9(10(14)15)16-12-7/h1-4,13H,(H,14,15). The predicted molar refractivity (Wildman–Crippen MR) is 56.1 cm³/mol. The molecule has 0 saturated carbocycles. The molecular formula is C10H6FNO3S. The number of carboxylic acids is 1. The average molecular weight is 239 g/mol. The summed E-state index contributed by atoms with van der Waals surface area (Å²) in [6.45, 7) is 0. The van der Waals surface area contributed by atoms with E-state index in [1.165, 1.54) is 24.3 Å². The van der Waals surface area contributed by atoms with Crippen molar-refractivity contribution in [3.63, 3.8) is 0 Å². The molecule has 1 aromatic carbocycles. The molecule has 2 aromatic rings. The highest BCUT2D eigenvalue weighted by Gasteiger charge is 2.19. The highest BCUT2D eigenvalue weighted by Crippen LogP contribution is 2.34. The molecule has 2 rings (SSSR count). The van der Waals surface area contributed by atoms with E-state index in [0.717, 1.165) is 0 Å². The maximum absolute atomic E-state index is 12.7. The molecule has 0 fully saturated rings. The number of hydrogen-bond donors (Lipinski definition) is 2. The van der Waals surface area contributed by atoms with Crippen LogP contribution in [0.25, 0.3) is 11.3 Å². The number of hydrogen-bond acceptors (Lipinski definition) is 4. The molecule has 0 atom stereocenters. The van der Waals surface area contributed by atoms with Gasteiger partial charge in [-0.15, -0.1) is 0 Å². The zero-order valence-corrected chi connectivity index (χ0v) is 8.66. The molecule has 0 radical (unpaired) electrons. The highest BCUT2D eigenvalue weighted by molar-refractivity contribution is 7.08. The molecular weight excluding hydrogens is 233 g/mol. The molecule has 1 aromatic heterocycles. The van der Waals surface area contributed by atoms with Gasteiger partial charge in [0.25, 0.3) is 0 Å². The molecule has 0 aliphatic heterocycles. The number of halogens is 1. The minimum atomic E-state index is -1.23. The van der Waals surface area contributed by atoms with Crippen LogP contribution in [-0.4, -0.2) is 20.6 Å². The van der Waals surface area contributed by atoms with Crippen molar-refractivity contribution in [2.24, 2.45) is 0 Å². The van der Waals surface area contributed by atoms with E-state index >= 15 is 0 Å². The molecule has 0 aliphatic rings. The normalized spacial score (nSPS) is 10.3. The maximum atomic E-state index is 12.7. The van der Waals surface area contributed by atoms with E-state index < -0.39 is 11.8 Å². The SMILES string of the molecule is O=C(O)c1snc(-c2ccc(F)cc2)c1O. The molecule has 0 unspecified atom stereocenters. The summed E-state index contributed by atoms with van der Waals surface area (Å²) >= 11 is 0.690. The smallest absolute Gasteiger partial charge is 0.351 e. The zero-order valence-electron chi connectivity index (χ0n) is 7.85. The second-order valence-corrected chi connectivity index (χ2v) is 3.79. The molecule has 1 heterocycles. The maximum Gasteiger partial charge on any atom is 0.351 e. The van der Waals surface area contributed by atoms with Gasteiger partial charge in [0.1, 0.15) is 11.5 Å². The number of carbonyl (C=O) groups is 1. The van der Waals surface area contributed by atoms with Crippen molar-refractivity contribution in [1.82, 2.24) is 4.37 Å². The second-order valence-electron chi connectivity index (χ2n) is 3.02. The van der Waals surface area contributed by atoms with E-state index in [9.17, 15) is 14.3 Å². The summed E-state index contributed by atoms with van der Waals surface area (Å²) in [6, 6.07) is 5.29. The van der Waals surface area contributed by atoms with E-state index in [-0.39, 0.29) is 16.3 Å². The Hall–Kier alpha value is -1.95. The first-order valence-electron chi connectivity index (χ1n) is 4.27. The van der Waals surface area contributed by atoms with Crippen molar-refractivity contribution in [1.29, 1.82) is 0 Å². The quantitative estimate of drug-likeness (QED) is 0.843. The number of rotatable bonds is 2. The summed E-state index contributed by atoms with van der Waals surface area (Å²) in [6.07, 6.45) is 0. The predicted octanol–water partition coefficient (Wildman–Crippen LogP) is 2.35. The van der Waals surface area contributed by atoms with Crippen molar-refractivity contribution in [3.8, 4) is 17.0 Å². The van der Waals surface area contributed by atoms with E-state index in [1.807, 2.05) is 0 Å². The van der Waals surface area contributed by atoms with Crippen LogP contribution in [0.4, 0.5) is 4.39 Å². The summed E-state index contributed by atoms with van der Waals surface area (Å²) < 4.78 is 16.5. The van der Waals surface area contributed by atoms with Crippen molar-refractivity contribution in [2.75, 3.05) is 0 Å². The van der Waals surface area contributed by atoms with Gasteiger partial charge in [-0.05, 0) is 35.8 Å². The summed E-state index contributed by atoms with van der Waals surface area (Å²) in [5.41, 5.74) is 0.630. The Balaban J connectivity index is 2.49. The summed E-state index contributed by atoms with van der Waals surface area (Å²) in [5.74, 6) is -2.02. The van der Waals surface area contributed by atoms with E-state index in [4.69, 9.17) is 5.11 Å². The van der Waals surface area contributed by atoms with Crippen LogP contribution in [0, 0.1) is 5.82 Å². The number of aromatic nitrogens is 1. The second kappa shape index (κ2) is 3.90. The summed E-state index contributed by atoms with van der Waals surface area (Å²) in [4.78, 5) is 10.4. The lowest BCUT2D eigenvalue weighted by atomic mass is 10.1. The third-order valence-electron chi connectivity index (χ3n) is 1.98. The third kappa shape index (κ3) is 1.74. The van der Waals surface area contributed by atoms with Crippen molar-refractivity contribution < 1.29 is 19.4 Å². The zero-order chi connectivity index (χ0) is 11.7. The van der Waals surface area contributed by atoms with E-state index in [0.29, 0.717) is 17.1 Å². The molecule has 82 valence electrons. The van der Waals surface area contributed by atoms with Gasteiger partial charge >= 0.3 is 5.97 Å².